The van der Waals surface area contributed by atoms with E-state index in [1.54, 1.807) is 0 Å². The summed E-state index contributed by atoms with van der Waals surface area (Å²) in [5, 5.41) is 3.44. The van der Waals surface area contributed by atoms with Gasteiger partial charge in [-0.15, -0.1) is 0 Å². The van der Waals surface area contributed by atoms with Crippen molar-refractivity contribution in [1.29, 1.82) is 0 Å². The molecule has 0 bridgehead atoms. The topological polar surface area (TPSA) is 44.3 Å². The average Bonchev–Trinajstić information content (AvgIpc) is 3.43. The van der Waals surface area contributed by atoms with Gasteiger partial charge in [0.1, 0.15) is 5.82 Å². The molecule has 1 aromatic carbocycles. The van der Waals surface area contributed by atoms with E-state index in [0.717, 1.165) is 41.7 Å². The average molecular weight is 372 g/mol. The van der Waals surface area contributed by atoms with Gasteiger partial charge in [0.15, 0.2) is 5.82 Å². The third-order valence-corrected chi connectivity index (χ3v) is 6.16. The lowest BCUT2D eigenvalue weighted by atomic mass is 10.1. The molecule has 0 saturated heterocycles. The van der Waals surface area contributed by atoms with Crippen LogP contribution in [0.4, 0.5) is 11.5 Å². The van der Waals surface area contributed by atoms with E-state index in [-0.39, 0.29) is 4.75 Å². The van der Waals surface area contributed by atoms with Crippen molar-refractivity contribution in [2.24, 2.45) is 0 Å². The van der Waals surface area contributed by atoms with Crippen molar-refractivity contribution in [3.8, 4) is 11.4 Å². The minimum absolute atomic E-state index is 0.191. The summed E-state index contributed by atoms with van der Waals surface area (Å²) < 4.78 is 0.191. The molecule has 1 fully saturated rings. The van der Waals surface area contributed by atoms with Crippen molar-refractivity contribution in [2.45, 2.75) is 17.6 Å². The van der Waals surface area contributed by atoms with Gasteiger partial charge in [0, 0.05) is 44.5 Å². The fourth-order valence-electron chi connectivity index (χ4n) is 2.87. The van der Waals surface area contributed by atoms with Gasteiger partial charge in [0.25, 0.3) is 0 Å². The number of aromatic nitrogens is 2. The minimum atomic E-state index is 0.191. The third-order valence-electron chi connectivity index (χ3n) is 4.76. The molecule has 0 radical (unpaired) electrons. The lowest BCUT2D eigenvalue weighted by molar-refractivity contribution is 0.425. The number of nitrogens with one attached hydrogen (secondary N) is 1. The van der Waals surface area contributed by atoms with Crippen LogP contribution in [0, 0.1) is 0 Å². The summed E-state index contributed by atoms with van der Waals surface area (Å²) in [6, 6.07) is 10.6. The first kappa shape index (κ1) is 19.0. The number of thioether (sulfide) groups is 1. The zero-order valence-corrected chi connectivity index (χ0v) is 17.2. The van der Waals surface area contributed by atoms with Gasteiger partial charge in [-0.05, 0) is 57.5 Å². The number of rotatable bonds is 8. The van der Waals surface area contributed by atoms with Crippen molar-refractivity contribution in [2.75, 3.05) is 57.8 Å². The normalized spacial score (nSPS) is 15.2. The maximum atomic E-state index is 4.92. The van der Waals surface area contributed by atoms with E-state index in [0.29, 0.717) is 0 Å². The second-order valence-corrected chi connectivity index (χ2v) is 8.52. The number of anilines is 2. The van der Waals surface area contributed by atoms with E-state index < -0.39 is 0 Å². The van der Waals surface area contributed by atoms with Crippen LogP contribution in [0.15, 0.2) is 30.3 Å². The van der Waals surface area contributed by atoms with Crippen LogP contribution in [0.25, 0.3) is 11.4 Å². The monoisotopic (exact) mass is 371 g/mol. The fraction of sp³-hybridized carbons (Fsp3) is 0.500. The fourth-order valence-corrected chi connectivity index (χ4v) is 3.69. The zero-order valence-electron chi connectivity index (χ0n) is 16.4. The Morgan fingerprint density at radius 3 is 2.31 bits per heavy atom. The standard InChI is InChI=1S/C20H29N5S/c1-24(2)13-12-21-16-8-6-15(7-9-16)19-22-17(20(26-5)10-11-20)14-18(23-19)25(3)4/h6-9,14,21H,10-13H2,1-5H3. The number of hydrogen-bond donors (Lipinski definition) is 1. The van der Waals surface area contributed by atoms with Crippen molar-refractivity contribution >= 4 is 23.3 Å². The molecule has 1 heterocycles. The Hall–Kier alpha value is -1.79. The highest BCUT2D eigenvalue weighted by Gasteiger charge is 2.45. The minimum Gasteiger partial charge on any atom is -0.384 e. The second-order valence-electron chi connectivity index (χ2n) is 7.34. The zero-order chi connectivity index (χ0) is 18.7. The van der Waals surface area contributed by atoms with E-state index in [2.05, 4.69) is 65.8 Å². The van der Waals surface area contributed by atoms with Gasteiger partial charge in [-0.25, -0.2) is 9.97 Å². The van der Waals surface area contributed by atoms with Gasteiger partial charge in [0.2, 0.25) is 0 Å². The summed E-state index contributed by atoms with van der Waals surface area (Å²) in [7, 11) is 8.23. The van der Waals surface area contributed by atoms with Crippen LogP contribution in [-0.4, -0.2) is 62.4 Å². The second kappa shape index (κ2) is 7.84. The molecule has 0 amide bonds. The van der Waals surface area contributed by atoms with E-state index in [4.69, 9.17) is 9.97 Å². The van der Waals surface area contributed by atoms with Crippen molar-refractivity contribution in [3.05, 3.63) is 36.0 Å². The van der Waals surface area contributed by atoms with Gasteiger partial charge in [-0.3, -0.25) is 0 Å². The van der Waals surface area contributed by atoms with Crippen LogP contribution >= 0.6 is 11.8 Å². The van der Waals surface area contributed by atoms with Gasteiger partial charge < -0.3 is 15.1 Å². The van der Waals surface area contributed by atoms with Crippen LogP contribution in [0.3, 0.4) is 0 Å². The van der Waals surface area contributed by atoms with Crippen LogP contribution in [0.2, 0.25) is 0 Å². The predicted molar refractivity (Wildman–Crippen MR) is 113 cm³/mol. The highest BCUT2D eigenvalue weighted by molar-refractivity contribution is 7.99. The smallest absolute Gasteiger partial charge is 0.161 e. The Bertz CT molecular complexity index is 738. The number of nitrogens with zero attached hydrogens (tertiary/aromatic N) is 4. The van der Waals surface area contributed by atoms with Crippen molar-refractivity contribution in [1.82, 2.24) is 14.9 Å². The van der Waals surface area contributed by atoms with E-state index in [1.165, 1.54) is 12.8 Å². The maximum absolute atomic E-state index is 4.92. The molecule has 6 heteroatoms. The molecule has 5 nitrogen and oxygen atoms in total. The molecule has 26 heavy (non-hydrogen) atoms. The molecule has 0 atom stereocenters. The van der Waals surface area contributed by atoms with Crippen molar-refractivity contribution in [3.63, 3.8) is 0 Å². The third kappa shape index (κ3) is 4.30. The van der Waals surface area contributed by atoms with Gasteiger partial charge >= 0.3 is 0 Å². The van der Waals surface area contributed by atoms with Crippen LogP contribution < -0.4 is 10.2 Å². The predicted octanol–water partition coefficient (Wildman–Crippen LogP) is 3.54. The van der Waals surface area contributed by atoms with Crippen LogP contribution in [-0.2, 0) is 4.75 Å². The molecule has 0 spiro atoms. The quantitative estimate of drug-likeness (QED) is 0.766. The summed E-state index contributed by atoms with van der Waals surface area (Å²) in [6.07, 6.45) is 4.58. The van der Waals surface area contributed by atoms with Crippen LogP contribution in [0.1, 0.15) is 18.5 Å². The lowest BCUT2D eigenvalue weighted by Gasteiger charge is -2.18. The van der Waals surface area contributed by atoms with Gasteiger partial charge in [-0.1, -0.05) is 0 Å². The SMILES string of the molecule is CSC1(c2cc(N(C)C)nc(-c3ccc(NCCN(C)C)cc3)n2)CC1. The number of likely N-dealkylation sites (N-methyl/N-ethyl adjacent to an activating group) is 1. The summed E-state index contributed by atoms with van der Waals surface area (Å²) in [6.45, 7) is 1.94. The largest absolute Gasteiger partial charge is 0.384 e. The van der Waals surface area contributed by atoms with Gasteiger partial charge in [0.05, 0.1) is 10.4 Å². The van der Waals surface area contributed by atoms with Crippen LogP contribution in [0.5, 0.6) is 0 Å². The maximum Gasteiger partial charge on any atom is 0.161 e. The molecule has 1 aliphatic rings. The summed E-state index contributed by atoms with van der Waals surface area (Å²) in [5.74, 6) is 1.78. The molecule has 1 aromatic heterocycles. The highest BCUT2D eigenvalue weighted by Crippen LogP contribution is 2.55. The molecule has 2 aromatic rings. The van der Waals surface area contributed by atoms with E-state index in [1.807, 2.05) is 25.9 Å². The lowest BCUT2D eigenvalue weighted by Crippen LogP contribution is -2.20. The summed E-state index contributed by atoms with van der Waals surface area (Å²) >= 11 is 1.91. The first-order valence-corrected chi connectivity index (χ1v) is 10.3. The summed E-state index contributed by atoms with van der Waals surface area (Å²) in [5.41, 5.74) is 3.35. The van der Waals surface area contributed by atoms with E-state index in [9.17, 15) is 0 Å². The highest BCUT2D eigenvalue weighted by atomic mass is 32.2. The Balaban J connectivity index is 1.84. The molecule has 0 aliphatic heterocycles. The Morgan fingerprint density at radius 1 is 1.08 bits per heavy atom. The first-order chi connectivity index (χ1) is 12.4. The Kier molecular flexibility index (Phi) is 5.73. The first-order valence-electron chi connectivity index (χ1n) is 9.04. The molecular weight excluding hydrogens is 342 g/mol. The number of hydrogen-bond acceptors (Lipinski definition) is 6. The molecule has 1 saturated carbocycles. The van der Waals surface area contributed by atoms with E-state index >= 15 is 0 Å². The molecule has 1 N–H and O–H groups in total. The summed E-state index contributed by atoms with van der Waals surface area (Å²) in [4.78, 5) is 13.9. The molecule has 140 valence electrons. The molecule has 3 rings (SSSR count). The Morgan fingerprint density at radius 2 is 1.77 bits per heavy atom. The molecular formula is C20H29N5S. The Labute approximate surface area is 161 Å². The number of benzene rings is 1. The molecule has 0 unspecified atom stereocenters. The molecule has 1 aliphatic carbocycles. The van der Waals surface area contributed by atoms with Crippen molar-refractivity contribution < 1.29 is 0 Å². The van der Waals surface area contributed by atoms with Gasteiger partial charge in [-0.2, -0.15) is 11.8 Å².